The maximum Gasteiger partial charge on any atom is -0.00257 e. The minimum atomic E-state index is 0.708. The molecule has 0 bridgehead atoms. The lowest BCUT2D eigenvalue weighted by Gasteiger charge is -2.07. The molecule has 0 saturated heterocycles. The van der Waals surface area contributed by atoms with Crippen LogP contribution >= 0.6 is 0 Å². The molecule has 0 aliphatic carbocycles. The van der Waals surface area contributed by atoms with E-state index >= 15 is 0 Å². The molecule has 1 unspecified atom stereocenters. The van der Waals surface area contributed by atoms with Crippen LogP contribution in [0.5, 0.6) is 0 Å². The Hall–Kier alpha value is -2.08. The molecule has 156 valence electrons. The second kappa shape index (κ2) is 17.0. The fourth-order valence-electron chi connectivity index (χ4n) is 2.19. The van der Waals surface area contributed by atoms with E-state index in [4.69, 9.17) is 0 Å². The summed E-state index contributed by atoms with van der Waals surface area (Å²) in [5.41, 5.74) is 7.61. The molecule has 0 spiro atoms. The van der Waals surface area contributed by atoms with Gasteiger partial charge in [-0.3, -0.25) is 0 Å². The van der Waals surface area contributed by atoms with Gasteiger partial charge in [-0.25, -0.2) is 0 Å². The number of allylic oxidation sites excluding steroid dienone is 2. The largest absolute Gasteiger partial charge is 0.0999 e. The minimum Gasteiger partial charge on any atom is -0.0999 e. The van der Waals surface area contributed by atoms with Crippen molar-refractivity contribution in [3.63, 3.8) is 0 Å². The van der Waals surface area contributed by atoms with Gasteiger partial charge in [0.25, 0.3) is 0 Å². The highest BCUT2D eigenvalue weighted by Gasteiger charge is 2.00. The van der Waals surface area contributed by atoms with Gasteiger partial charge in [-0.15, -0.1) is 0 Å². The summed E-state index contributed by atoms with van der Waals surface area (Å²) in [5.74, 6) is 0.708. The van der Waals surface area contributed by atoms with Crippen molar-refractivity contribution < 1.29 is 0 Å². The average Bonchev–Trinajstić information content (AvgIpc) is 2.73. The number of benzene rings is 2. The van der Waals surface area contributed by atoms with E-state index in [-0.39, 0.29) is 0 Å². The Balaban J connectivity index is 0. The maximum absolute atomic E-state index is 4.17. The fourth-order valence-corrected chi connectivity index (χ4v) is 2.19. The molecule has 2 aromatic carbocycles. The lowest BCUT2D eigenvalue weighted by molar-refractivity contribution is 0.658. The van der Waals surface area contributed by atoms with E-state index in [1.165, 1.54) is 39.8 Å². The van der Waals surface area contributed by atoms with Crippen LogP contribution in [0.25, 0.3) is 5.57 Å². The standard InChI is InChI=1S/C17H18.C7H14.2C2H6/c1-13-4-8-16(9-5-13)12-15(3)17-10-6-14(2)7-11-17;1-5-7(4)6(2)3;2*1-2/h4-11H,3,12H2,1-2H3;7H,2,5H2,1,3-4H3;2*1-2H3. The van der Waals surface area contributed by atoms with Crippen molar-refractivity contribution in [2.75, 3.05) is 0 Å². The van der Waals surface area contributed by atoms with Crippen LogP contribution in [-0.4, -0.2) is 0 Å². The van der Waals surface area contributed by atoms with Crippen LogP contribution in [-0.2, 0) is 6.42 Å². The summed E-state index contributed by atoms with van der Waals surface area (Å²) in [6.07, 6.45) is 2.14. The Bertz CT molecular complexity index is 641. The third-order valence-electron chi connectivity index (χ3n) is 4.45. The van der Waals surface area contributed by atoms with Gasteiger partial charge < -0.3 is 0 Å². The molecule has 0 heterocycles. The van der Waals surface area contributed by atoms with Crippen LogP contribution in [0.1, 0.15) is 77.1 Å². The number of aryl methyl sites for hydroxylation is 2. The number of hydrogen-bond acceptors (Lipinski definition) is 0. The first kappa shape index (κ1) is 28.1. The van der Waals surface area contributed by atoms with Gasteiger partial charge in [0.15, 0.2) is 0 Å². The molecule has 0 fully saturated rings. The van der Waals surface area contributed by atoms with Gasteiger partial charge in [0.05, 0.1) is 0 Å². The molecule has 0 aromatic heterocycles. The van der Waals surface area contributed by atoms with Gasteiger partial charge in [0.2, 0.25) is 0 Å². The average molecular weight is 381 g/mol. The van der Waals surface area contributed by atoms with Crippen LogP contribution in [0.4, 0.5) is 0 Å². The second-order valence-corrected chi connectivity index (χ2v) is 6.79. The van der Waals surface area contributed by atoms with Crippen molar-refractivity contribution >= 4 is 5.57 Å². The third kappa shape index (κ3) is 12.3. The Morgan fingerprint density at radius 1 is 0.786 bits per heavy atom. The molecule has 0 radical (unpaired) electrons. The zero-order valence-corrected chi connectivity index (χ0v) is 20.0. The van der Waals surface area contributed by atoms with Gasteiger partial charge in [-0.2, -0.15) is 0 Å². The van der Waals surface area contributed by atoms with Crippen LogP contribution in [0.3, 0.4) is 0 Å². The van der Waals surface area contributed by atoms with Crippen molar-refractivity contribution in [2.24, 2.45) is 5.92 Å². The summed E-state index contributed by atoms with van der Waals surface area (Å²) in [4.78, 5) is 0. The first-order chi connectivity index (χ1) is 13.3. The van der Waals surface area contributed by atoms with Crippen LogP contribution in [0.15, 0.2) is 67.3 Å². The minimum absolute atomic E-state index is 0.708. The molecule has 28 heavy (non-hydrogen) atoms. The van der Waals surface area contributed by atoms with Crippen molar-refractivity contribution in [3.8, 4) is 0 Å². The molecule has 2 rings (SSSR count). The Morgan fingerprint density at radius 2 is 1.18 bits per heavy atom. The summed E-state index contributed by atoms with van der Waals surface area (Å²) >= 11 is 0. The highest BCUT2D eigenvalue weighted by Crippen LogP contribution is 2.18. The molecule has 0 N–H and O–H groups in total. The first-order valence-electron chi connectivity index (χ1n) is 10.8. The smallest absolute Gasteiger partial charge is 0.00257 e. The van der Waals surface area contributed by atoms with E-state index in [1.54, 1.807) is 0 Å². The van der Waals surface area contributed by atoms with E-state index in [2.05, 4.69) is 96.3 Å². The third-order valence-corrected chi connectivity index (χ3v) is 4.45. The maximum atomic E-state index is 4.17. The van der Waals surface area contributed by atoms with Crippen molar-refractivity contribution in [2.45, 2.75) is 75.2 Å². The van der Waals surface area contributed by atoms with Crippen LogP contribution < -0.4 is 0 Å². The molecule has 1 atom stereocenters. The van der Waals surface area contributed by atoms with Gasteiger partial charge in [-0.1, -0.05) is 120 Å². The Labute approximate surface area is 176 Å². The molecule has 0 amide bonds. The molecule has 0 saturated carbocycles. The molecule has 0 nitrogen and oxygen atoms in total. The van der Waals surface area contributed by atoms with Crippen molar-refractivity contribution in [1.29, 1.82) is 0 Å². The van der Waals surface area contributed by atoms with E-state index in [1.807, 2.05) is 27.7 Å². The predicted molar refractivity (Wildman–Crippen MR) is 132 cm³/mol. The van der Waals surface area contributed by atoms with Gasteiger partial charge in [0.1, 0.15) is 0 Å². The first-order valence-corrected chi connectivity index (χ1v) is 10.8. The lowest BCUT2D eigenvalue weighted by atomic mass is 9.98. The summed E-state index contributed by atoms with van der Waals surface area (Å²) in [7, 11) is 0. The number of rotatable bonds is 5. The molecule has 0 aliphatic rings. The van der Waals surface area contributed by atoms with Gasteiger partial charge in [-0.05, 0) is 56.2 Å². The summed E-state index contributed by atoms with van der Waals surface area (Å²) in [6.45, 7) is 26.7. The molecular weight excluding hydrogens is 336 g/mol. The predicted octanol–water partition coefficient (Wildman–Crippen LogP) is 9.22. The monoisotopic (exact) mass is 380 g/mol. The van der Waals surface area contributed by atoms with Gasteiger partial charge >= 0.3 is 0 Å². The van der Waals surface area contributed by atoms with Gasteiger partial charge in [0, 0.05) is 0 Å². The molecule has 2 aromatic rings. The highest BCUT2D eigenvalue weighted by molar-refractivity contribution is 5.65. The quantitative estimate of drug-likeness (QED) is 0.453. The molecule has 0 aliphatic heterocycles. The summed E-state index contributed by atoms with van der Waals surface area (Å²) in [6, 6.07) is 17.2. The van der Waals surface area contributed by atoms with Crippen molar-refractivity contribution in [3.05, 3.63) is 89.5 Å². The highest BCUT2D eigenvalue weighted by atomic mass is 14.1. The number of hydrogen-bond donors (Lipinski definition) is 0. The fraction of sp³-hybridized carbons (Fsp3) is 0.429. The zero-order valence-electron chi connectivity index (χ0n) is 20.0. The summed E-state index contributed by atoms with van der Waals surface area (Å²) in [5, 5.41) is 0. The molecular formula is C28H44. The Kier molecular flexibility index (Phi) is 17.1. The normalized spacial score (nSPS) is 10.0. The van der Waals surface area contributed by atoms with E-state index in [9.17, 15) is 0 Å². The van der Waals surface area contributed by atoms with E-state index in [0.29, 0.717) is 5.92 Å². The van der Waals surface area contributed by atoms with Crippen molar-refractivity contribution in [1.82, 2.24) is 0 Å². The lowest BCUT2D eigenvalue weighted by Crippen LogP contribution is -1.89. The van der Waals surface area contributed by atoms with Crippen LogP contribution in [0.2, 0.25) is 0 Å². The molecule has 0 heteroatoms. The summed E-state index contributed by atoms with van der Waals surface area (Å²) < 4.78 is 0. The van der Waals surface area contributed by atoms with E-state index in [0.717, 1.165) is 6.42 Å². The Morgan fingerprint density at radius 3 is 1.50 bits per heavy atom. The van der Waals surface area contributed by atoms with E-state index < -0.39 is 0 Å². The SMILES string of the molecule is C=C(C)C(C)CC.C=C(Cc1ccc(C)cc1)c1ccc(C)cc1.CC.CC. The van der Waals surface area contributed by atoms with Crippen LogP contribution in [0, 0.1) is 19.8 Å². The zero-order chi connectivity index (χ0) is 22.1. The topological polar surface area (TPSA) is 0 Å². The second-order valence-electron chi connectivity index (χ2n) is 6.79.